The fraction of sp³-hybridized carbons (Fsp3) is 0.348. The van der Waals surface area contributed by atoms with Gasteiger partial charge in [-0.25, -0.2) is 0 Å². The Labute approximate surface area is 200 Å². The Morgan fingerprint density at radius 1 is 0.871 bits per heavy atom. The lowest BCUT2D eigenvalue weighted by atomic mass is 10.1. The van der Waals surface area contributed by atoms with Crippen molar-refractivity contribution in [2.75, 3.05) is 33.3 Å². The van der Waals surface area contributed by atoms with Crippen molar-refractivity contribution in [3.8, 4) is 5.75 Å². The largest absolute Gasteiger partial charge is 0.494 e. The number of ether oxygens (including phenoxy) is 1. The molecule has 1 heterocycles. The van der Waals surface area contributed by atoms with Crippen LogP contribution in [-0.4, -0.2) is 56.0 Å². The number of aliphatic imine (C=N–C) groups is 1. The van der Waals surface area contributed by atoms with Crippen molar-refractivity contribution < 1.29 is 14.3 Å². The number of nitrogens with one attached hydrogen (secondary N) is 2. The van der Waals surface area contributed by atoms with E-state index in [2.05, 4.69) is 15.6 Å². The number of para-hydroxylation sites is 1. The van der Waals surface area contributed by atoms with Crippen molar-refractivity contribution in [1.29, 1.82) is 0 Å². The van der Waals surface area contributed by atoms with Crippen molar-refractivity contribution in [2.24, 2.45) is 4.99 Å². The standard InChI is InChI=1S/C23H28N4O3.HI/c1-24-23(26-15-9-17-30-18-10-3-2-4-11-18)25-14-7-8-16-27-21(28)19-12-5-6-13-20(19)22(27)29;/h2-6,10-13H,7-9,14-17H2,1H3,(H2,24,25,26);1H. The Bertz CT molecular complexity index is 854. The van der Waals surface area contributed by atoms with E-state index in [1.165, 1.54) is 4.90 Å². The molecule has 2 aromatic carbocycles. The number of amides is 2. The molecule has 0 unspecified atom stereocenters. The summed E-state index contributed by atoms with van der Waals surface area (Å²) in [5.41, 5.74) is 1.00. The van der Waals surface area contributed by atoms with Gasteiger partial charge in [0.2, 0.25) is 0 Å². The van der Waals surface area contributed by atoms with Crippen LogP contribution in [0.4, 0.5) is 0 Å². The predicted molar refractivity (Wildman–Crippen MR) is 132 cm³/mol. The number of guanidine groups is 1. The molecule has 0 saturated carbocycles. The molecule has 2 aromatic rings. The highest BCUT2D eigenvalue weighted by molar-refractivity contribution is 14.0. The fourth-order valence-corrected chi connectivity index (χ4v) is 3.25. The van der Waals surface area contributed by atoms with Gasteiger partial charge in [-0.3, -0.25) is 19.5 Å². The molecule has 0 fully saturated rings. The molecule has 0 atom stereocenters. The van der Waals surface area contributed by atoms with E-state index < -0.39 is 0 Å². The minimum atomic E-state index is -0.196. The molecule has 0 saturated heterocycles. The van der Waals surface area contributed by atoms with E-state index in [1.807, 2.05) is 30.3 Å². The molecule has 3 rings (SSSR count). The van der Waals surface area contributed by atoms with Crippen LogP contribution in [0.3, 0.4) is 0 Å². The summed E-state index contributed by atoms with van der Waals surface area (Å²) in [4.78, 5) is 30.2. The number of benzene rings is 2. The van der Waals surface area contributed by atoms with Crippen LogP contribution >= 0.6 is 24.0 Å². The Balaban J connectivity index is 0.00000341. The number of hydrogen-bond acceptors (Lipinski definition) is 4. The average molecular weight is 536 g/mol. The summed E-state index contributed by atoms with van der Waals surface area (Å²) < 4.78 is 5.66. The highest BCUT2D eigenvalue weighted by Gasteiger charge is 2.34. The molecule has 31 heavy (non-hydrogen) atoms. The maximum absolute atomic E-state index is 12.3. The van der Waals surface area contributed by atoms with Crippen LogP contribution in [0.2, 0.25) is 0 Å². The van der Waals surface area contributed by atoms with Crippen molar-refractivity contribution >= 4 is 41.8 Å². The number of fused-ring (bicyclic) bond motifs is 1. The quantitative estimate of drug-likeness (QED) is 0.160. The summed E-state index contributed by atoms with van der Waals surface area (Å²) in [6.45, 7) is 2.52. The Morgan fingerprint density at radius 2 is 1.45 bits per heavy atom. The third-order valence-corrected chi connectivity index (χ3v) is 4.83. The fourth-order valence-electron chi connectivity index (χ4n) is 3.25. The van der Waals surface area contributed by atoms with Gasteiger partial charge in [-0.1, -0.05) is 30.3 Å². The predicted octanol–water partition coefficient (Wildman–Crippen LogP) is 3.31. The average Bonchev–Trinajstić information content (AvgIpc) is 3.03. The van der Waals surface area contributed by atoms with E-state index in [-0.39, 0.29) is 35.8 Å². The molecule has 1 aliphatic rings. The van der Waals surface area contributed by atoms with Gasteiger partial charge in [-0.05, 0) is 43.5 Å². The smallest absolute Gasteiger partial charge is 0.261 e. The maximum Gasteiger partial charge on any atom is 0.261 e. The molecule has 0 radical (unpaired) electrons. The minimum Gasteiger partial charge on any atom is -0.494 e. The van der Waals surface area contributed by atoms with E-state index >= 15 is 0 Å². The molecule has 1 aliphatic heterocycles. The molecular formula is C23H29IN4O3. The molecule has 166 valence electrons. The molecule has 7 nitrogen and oxygen atoms in total. The number of carbonyl (C=O) groups excluding carboxylic acids is 2. The molecule has 0 spiro atoms. The monoisotopic (exact) mass is 536 g/mol. The number of hydrogen-bond donors (Lipinski definition) is 2. The molecule has 0 aliphatic carbocycles. The maximum atomic E-state index is 12.3. The minimum absolute atomic E-state index is 0. The van der Waals surface area contributed by atoms with Gasteiger partial charge >= 0.3 is 0 Å². The van der Waals surface area contributed by atoms with Crippen LogP contribution in [0.25, 0.3) is 0 Å². The summed E-state index contributed by atoms with van der Waals surface area (Å²) >= 11 is 0. The van der Waals surface area contributed by atoms with E-state index in [1.54, 1.807) is 31.3 Å². The van der Waals surface area contributed by atoms with Gasteiger partial charge < -0.3 is 15.4 Å². The number of unbranched alkanes of at least 4 members (excludes halogenated alkanes) is 1. The van der Waals surface area contributed by atoms with Gasteiger partial charge in [0.1, 0.15) is 5.75 Å². The number of imide groups is 1. The van der Waals surface area contributed by atoms with Crippen molar-refractivity contribution in [2.45, 2.75) is 19.3 Å². The van der Waals surface area contributed by atoms with Gasteiger partial charge in [0, 0.05) is 26.7 Å². The van der Waals surface area contributed by atoms with Crippen LogP contribution in [-0.2, 0) is 0 Å². The lowest BCUT2D eigenvalue weighted by Crippen LogP contribution is -2.39. The summed E-state index contributed by atoms with van der Waals surface area (Å²) in [5.74, 6) is 1.21. The number of rotatable bonds is 10. The van der Waals surface area contributed by atoms with Crippen LogP contribution in [0.1, 0.15) is 40.0 Å². The number of carbonyl (C=O) groups is 2. The topological polar surface area (TPSA) is 83.0 Å². The Morgan fingerprint density at radius 3 is 2.06 bits per heavy atom. The highest BCUT2D eigenvalue weighted by Crippen LogP contribution is 2.22. The summed E-state index contributed by atoms with van der Waals surface area (Å²) in [5, 5.41) is 6.51. The molecule has 8 heteroatoms. The van der Waals surface area contributed by atoms with Gasteiger partial charge in [0.05, 0.1) is 17.7 Å². The zero-order valence-electron chi connectivity index (χ0n) is 17.7. The Kier molecular flexibility index (Phi) is 10.3. The first-order chi connectivity index (χ1) is 14.7. The SMILES string of the molecule is CN=C(NCCCCN1C(=O)c2ccccc2C1=O)NCCCOc1ccccc1.I. The van der Waals surface area contributed by atoms with Gasteiger partial charge in [0.25, 0.3) is 11.8 Å². The van der Waals surface area contributed by atoms with Crippen LogP contribution in [0, 0.1) is 0 Å². The first-order valence-corrected chi connectivity index (χ1v) is 10.3. The Hall–Kier alpha value is -2.62. The zero-order chi connectivity index (χ0) is 21.2. The second kappa shape index (κ2) is 12.9. The van der Waals surface area contributed by atoms with Gasteiger partial charge in [-0.2, -0.15) is 0 Å². The van der Waals surface area contributed by atoms with Gasteiger partial charge in [-0.15, -0.1) is 24.0 Å². The van der Waals surface area contributed by atoms with Crippen LogP contribution < -0.4 is 15.4 Å². The normalized spacial score (nSPS) is 12.9. The van der Waals surface area contributed by atoms with Crippen molar-refractivity contribution in [3.63, 3.8) is 0 Å². The summed E-state index contributed by atoms with van der Waals surface area (Å²) in [6.07, 6.45) is 2.42. The third-order valence-electron chi connectivity index (χ3n) is 4.83. The molecule has 2 amide bonds. The van der Waals surface area contributed by atoms with Gasteiger partial charge in [0.15, 0.2) is 5.96 Å². The highest BCUT2D eigenvalue weighted by atomic mass is 127. The second-order valence-electron chi connectivity index (χ2n) is 6.96. The molecule has 0 bridgehead atoms. The van der Waals surface area contributed by atoms with Crippen LogP contribution in [0.15, 0.2) is 59.6 Å². The second-order valence-corrected chi connectivity index (χ2v) is 6.96. The van der Waals surface area contributed by atoms with E-state index in [9.17, 15) is 9.59 Å². The first-order valence-electron chi connectivity index (χ1n) is 10.3. The van der Waals surface area contributed by atoms with Crippen molar-refractivity contribution in [3.05, 3.63) is 65.7 Å². The lowest BCUT2D eigenvalue weighted by Gasteiger charge is -2.15. The number of nitrogens with zero attached hydrogens (tertiary/aromatic N) is 2. The van der Waals surface area contributed by atoms with E-state index in [0.29, 0.717) is 30.8 Å². The lowest BCUT2D eigenvalue weighted by molar-refractivity contribution is 0.0652. The molecule has 0 aromatic heterocycles. The van der Waals surface area contributed by atoms with E-state index in [0.717, 1.165) is 37.5 Å². The van der Waals surface area contributed by atoms with E-state index in [4.69, 9.17) is 4.74 Å². The summed E-state index contributed by atoms with van der Waals surface area (Å²) in [6, 6.07) is 16.7. The first kappa shape index (κ1) is 24.6. The molecule has 2 N–H and O–H groups in total. The summed E-state index contributed by atoms with van der Waals surface area (Å²) in [7, 11) is 1.73. The van der Waals surface area contributed by atoms with Crippen molar-refractivity contribution in [1.82, 2.24) is 15.5 Å². The third kappa shape index (κ3) is 6.95. The molecular weight excluding hydrogens is 507 g/mol. The van der Waals surface area contributed by atoms with Crippen LogP contribution in [0.5, 0.6) is 5.75 Å². The zero-order valence-corrected chi connectivity index (χ0v) is 20.0. The number of halogens is 1.